The second-order valence-electron chi connectivity index (χ2n) is 5.22. The summed E-state index contributed by atoms with van der Waals surface area (Å²) in [7, 11) is 1.35. The fraction of sp³-hybridized carbons (Fsp3) is 0.118. The van der Waals surface area contributed by atoms with Crippen molar-refractivity contribution in [3.05, 3.63) is 58.1 Å². The zero-order chi connectivity index (χ0) is 19.2. The Morgan fingerprint density at radius 3 is 2.96 bits per heavy atom. The Morgan fingerprint density at radius 2 is 2.22 bits per heavy atom. The van der Waals surface area contributed by atoms with E-state index in [1.54, 1.807) is 12.1 Å². The molecule has 0 radical (unpaired) electrons. The molecule has 1 aromatic heterocycles. The van der Waals surface area contributed by atoms with Crippen LogP contribution >= 0.6 is 11.8 Å². The molecule has 0 fully saturated rings. The number of amides is 1. The second-order valence-corrected chi connectivity index (χ2v) is 6.14. The highest BCUT2D eigenvalue weighted by atomic mass is 32.2. The van der Waals surface area contributed by atoms with E-state index in [0.717, 1.165) is 17.3 Å². The Morgan fingerprint density at radius 1 is 1.41 bits per heavy atom. The summed E-state index contributed by atoms with van der Waals surface area (Å²) in [5, 5.41) is 15.2. The number of nitrogens with zero attached hydrogens (tertiary/aromatic N) is 3. The number of ether oxygens (including phenoxy) is 1. The van der Waals surface area contributed by atoms with Crippen molar-refractivity contribution in [2.45, 2.75) is 5.22 Å². The number of methoxy groups -OCH3 is 1. The van der Waals surface area contributed by atoms with Crippen LogP contribution in [0.3, 0.4) is 0 Å². The molecular formula is C17H14N4O5S. The van der Waals surface area contributed by atoms with Crippen LogP contribution in [0.15, 0.2) is 57.2 Å². The molecule has 3 rings (SSSR count). The first-order chi connectivity index (χ1) is 13.1. The number of nitro benzene ring substituents is 1. The molecule has 2 aromatic carbocycles. The number of oxazole rings is 1. The maximum absolute atomic E-state index is 11.9. The Labute approximate surface area is 157 Å². The van der Waals surface area contributed by atoms with Crippen LogP contribution in [0.5, 0.6) is 5.75 Å². The van der Waals surface area contributed by atoms with Gasteiger partial charge in [0.15, 0.2) is 11.3 Å². The molecule has 0 saturated heterocycles. The summed E-state index contributed by atoms with van der Waals surface area (Å²) in [6.45, 7) is 0. The lowest BCUT2D eigenvalue weighted by molar-refractivity contribution is -0.385. The fourth-order valence-corrected chi connectivity index (χ4v) is 2.81. The van der Waals surface area contributed by atoms with E-state index >= 15 is 0 Å². The molecule has 0 atom stereocenters. The number of carbonyl (C=O) groups excluding carboxylic acids is 1. The molecule has 138 valence electrons. The van der Waals surface area contributed by atoms with Crippen molar-refractivity contribution in [2.75, 3.05) is 12.9 Å². The molecule has 3 aromatic rings. The quantitative estimate of drug-likeness (QED) is 0.287. The third kappa shape index (κ3) is 4.61. The number of nitro groups is 1. The van der Waals surface area contributed by atoms with Crippen LogP contribution in [0, 0.1) is 10.1 Å². The van der Waals surface area contributed by atoms with E-state index in [4.69, 9.17) is 9.15 Å². The number of rotatable bonds is 7. The molecule has 27 heavy (non-hydrogen) atoms. The molecule has 1 amide bonds. The van der Waals surface area contributed by atoms with E-state index in [1.807, 2.05) is 18.2 Å². The molecule has 0 saturated carbocycles. The molecule has 9 nitrogen and oxygen atoms in total. The summed E-state index contributed by atoms with van der Waals surface area (Å²) < 4.78 is 10.4. The normalized spacial score (nSPS) is 11.0. The van der Waals surface area contributed by atoms with Gasteiger partial charge in [0.05, 0.1) is 24.0 Å². The summed E-state index contributed by atoms with van der Waals surface area (Å²) in [5.41, 5.74) is 4.00. The average molecular weight is 386 g/mol. The summed E-state index contributed by atoms with van der Waals surface area (Å²) in [5.74, 6) is -0.148. The van der Waals surface area contributed by atoms with Crippen LogP contribution in [-0.4, -0.2) is 34.9 Å². The first-order valence-electron chi connectivity index (χ1n) is 7.69. The highest BCUT2D eigenvalue weighted by Crippen LogP contribution is 2.27. The standard InChI is InChI=1S/C17H14N4O5S/c1-25-15-7-6-11(8-13(15)21(23)24)9-18-20-16(22)10-27-17-19-12-4-2-3-5-14(12)26-17/h2-9H,10H2,1H3,(H,20,22)/b18-9+. The summed E-state index contributed by atoms with van der Waals surface area (Å²) in [4.78, 5) is 26.6. The smallest absolute Gasteiger partial charge is 0.311 e. The topological polar surface area (TPSA) is 120 Å². The van der Waals surface area contributed by atoms with Gasteiger partial charge in [-0.05, 0) is 24.3 Å². The maximum Gasteiger partial charge on any atom is 0.311 e. The van der Waals surface area contributed by atoms with Gasteiger partial charge in [0, 0.05) is 11.6 Å². The molecule has 10 heteroatoms. The third-order valence-electron chi connectivity index (χ3n) is 3.40. The first-order valence-corrected chi connectivity index (χ1v) is 8.68. The molecule has 1 heterocycles. The number of thioether (sulfide) groups is 1. The van der Waals surface area contributed by atoms with Gasteiger partial charge in [-0.2, -0.15) is 5.10 Å². The molecule has 0 aliphatic carbocycles. The molecular weight excluding hydrogens is 372 g/mol. The second kappa shape index (κ2) is 8.32. The lowest BCUT2D eigenvalue weighted by Crippen LogP contribution is -2.19. The molecule has 0 aliphatic rings. The molecule has 0 spiro atoms. The van der Waals surface area contributed by atoms with Gasteiger partial charge < -0.3 is 9.15 Å². The zero-order valence-electron chi connectivity index (χ0n) is 14.1. The lowest BCUT2D eigenvalue weighted by atomic mass is 10.2. The van der Waals surface area contributed by atoms with Crippen LogP contribution in [-0.2, 0) is 4.79 Å². The molecule has 0 unspecified atom stereocenters. The van der Waals surface area contributed by atoms with Crippen LogP contribution in [0.1, 0.15) is 5.56 Å². The number of hydrogen-bond donors (Lipinski definition) is 1. The summed E-state index contributed by atoms with van der Waals surface area (Å²) >= 11 is 1.14. The van der Waals surface area contributed by atoms with Crippen LogP contribution in [0.4, 0.5) is 5.69 Å². The SMILES string of the molecule is COc1ccc(/C=N/NC(=O)CSc2nc3ccccc3o2)cc1[N+](=O)[O-]. The highest BCUT2D eigenvalue weighted by molar-refractivity contribution is 7.99. The fourth-order valence-electron chi connectivity index (χ4n) is 2.18. The Hall–Kier alpha value is -3.40. The van der Waals surface area contributed by atoms with Crippen molar-refractivity contribution < 1.29 is 18.9 Å². The number of nitrogens with one attached hydrogen (secondary N) is 1. The van der Waals surface area contributed by atoms with E-state index in [1.165, 1.54) is 25.5 Å². The van der Waals surface area contributed by atoms with Crippen molar-refractivity contribution >= 4 is 40.7 Å². The van der Waals surface area contributed by atoms with Gasteiger partial charge in [-0.15, -0.1) is 0 Å². The van der Waals surface area contributed by atoms with E-state index in [2.05, 4.69) is 15.5 Å². The zero-order valence-corrected chi connectivity index (χ0v) is 14.9. The van der Waals surface area contributed by atoms with Crippen molar-refractivity contribution in [3.63, 3.8) is 0 Å². The van der Waals surface area contributed by atoms with E-state index in [-0.39, 0.29) is 23.1 Å². The molecule has 1 N–H and O–H groups in total. The van der Waals surface area contributed by atoms with Crippen molar-refractivity contribution in [1.82, 2.24) is 10.4 Å². The number of hydrazone groups is 1. The predicted octanol–water partition coefficient (Wildman–Crippen LogP) is 2.99. The van der Waals surface area contributed by atoms with Crippen molar-refractivity contribution in [1.29, 1.82) is 0 Å². The van der Waals surface area contributed by atoms with Crippen molar-refractivity contribution in [2.24, 2.45) is 5.10 Å². The van der Waals surface area contributed by atoms with Gasteiger partial charge in [0.2, 0.25) is 0 Å². The van der Waals surface area contributed by atoms with E-state index in [9.17, 15) is 14.9 Å². The largest absolute Gasteiger partial charge is 0.490 e. The van der Waals surface area contributed by atoms with Gasteiger partial charge in [-0.1, -0.05) is 23.9 Å². The minimum atomic E-state index is -0.550. The van der Waals surface area contributed by atoms with Gasteiger partial charge in [0.25, 0.3) is 11.1 Å². The van der Waals surface area contributed by atoms with Crippen LogP contribution < -0.4 is 10.2 Å². The summed E-state index contributed by atoms with van der Waals surface area (Å²) in [6.07, 6.45) is 1.31. The monoisotopic (exact) mass is 386 g/mol. The number of hydrogen-bond acceptors (Lipinski definition) is 8. The number of aromatic nitrogens is 1. The van der Waals surface area contributed by atoms with E-state index in [0.29, 0.717) is 16.4 Å². The third-order valence-corrected chi connectivity index (χ3v) is 4.23. The van der Waals surface area contributed by atoms with E-state index < -0.39 is 4.92 Å². The predicted molar refractivity (Wildman–Crippen MR) is 100 cm³/mol. The number of para-hydroxylation sites is 2. The Bertz CT molecular complexity index is 984. The lowest BCUT2D eigenvalue weighted by Gasteiger charge is -2.02. The van der Waals surface area contributed by atoms with Gasteiger partial charge in [-0.25, -0.2) is 10.4 Å². The van der Waals surface area contributed by atoms with Gasteiger partial charge >= 0.3 is 5.69 Å². The number of carbonyl (C=O) groups is 1. The van der Waals surface area contributed by atoms with Crippen LogP contribution in [0.25, 0.3) is 11.1 Å². The molecule has 0 bridgehead atoms. The minimum Gasteiger partial charge on any atom is -0.490 e. The van der Waals surface area contributed by atoms with Crippen LogP contribution in [0.2, 0.25) is 0 Å². The van der Waals surface area contributed by atoms with Gasteiger partial charge in [0.1, 0.15) is 5.52 Å². The number of fused-ring (bicyclic) bond motifs is 1. The highest BCUT2D eigenvalue weighted by Gasteiger charge is 2.14. The number of benzene rings is 2. The van der Waals surface area contributed by atoms with Gasteiger partial charge in [-0.3, -0.25) is 14.9 Å². The summed E-state index contributed by atoms with van der Waals surface area (Å²) in [6, 6.07) is 11.7. The Balaban J connectivity index is 1.55. The van der Waals surface area contributed by atoms with Crippen molar-refractivity contribution in [3.8, 4) is 5.75 Å². The average Bonchev–Trinajstić information content (AvgIpc) is 3.09. The Kier molecular flexibility index (Phi) is 5.67. The first kappa shape index (κ1) is 18.4. The minimum absolute atomic E-state index is 0.0624. The maximum atomic E-state index is 11.9. The molecule has 0 aliphatic heterocycles.